The number of aromatic nitrogens is 2. The molecule has 0 radical (unpaired) electrons. The number of nitrogens with one attached hydrogen (secondary N) is 1. The Morgan fingerprint density at radius 2 is 2.06 bits per heavy atom. The van der Waals surface area contributed by atoms with Gasteiger partial charge in [-0.3, -0.25) is 14.8 Å². The number of ether oxygens (including phenoxy) is 1. The molecule has 0 aliphatic carbocycles. The third-order valence-electron chi connectivity index (χ3n) is 2.16. The van der Waals surface area contributed by atoms with Crippen molar-refractivity contribution in [1.82, 2.24) is 9.78 Å². The lowest BCUT2D eigenvalue weighted by Gasteiger charge is -2.19. The summed E-state index contributed by atoms with van der Waals surface area (Å²) < 4.78 is 6.56. The number of anilines is 1. The molecule has 0 fully saturated rings. The Morgan fingerprint density at radius 3 is 2.56 bits per heavy atom. The van der Waals surface area contributed by atoms with Gasteiger partial charge in [-0.2, -0.15) is 5.10 Å². The highest BCUT2D eigenvalue weighted by Crippen LogP contribution is 2.17. The van der Waals surface area contributed by atoms with Crippen LogP contribution in [0, 0.1) is 0 Å². The van der Waals surface area contributed by atoms with Crippen LogP contribution in [0.4, 0.5) is 10.5 Å². The maximum atomic E-state index is 11.7. The predicted octanol–water partition coefficient (Wildman–Crippen LogP) is 2.36. The lowest BCUT2D eigenvalue weighted by Crippen LogP contribution is -2.27. The van der Waals surface area contributed by atoms with Crippen LogP contribution in [0.25, 0.3) is 0 Å². The molecule has 0 atom stereocenters. The topological polar surface area (TPSA) is 73.2 Å². The Balaban J connectivity index is 2.86. The largest absolute Gasteiger partial charge is 0.444 e. The highest BCUT2D eigenvalue weighted by atomic mass is 16.6. The zero-order chi connectivity index (χ0) is 13.9. The van der Waals surface area contributed by atoms with Crippen LogP contribution in [0.3, 0.4) is 0 Å². The average molecular weight is 253 g/mol. The maximum absolute atomic E-state index is 11.7. The van der Waals surface area contributed by atoms with E-state index in [9.17, 15) is 9.59 Å². The van der Waals surface area contributed by atoms with Gasteiger partial charge in [-0.25, -0.2) is 4.79 Å². The van der Waals surface area contributed by atoms with Gasteiger partial charge in [0.05, 0.1) is 11.9 Å². The van der Waals surface area contributed by atoms with Crippen molar-refractivity contribution in [2.45, 2.75) is 39.7 Å². The highest BCUT2D eigenvalue weighted by Gasteiger charge is 2.20. The van der Waals surface area contributed by atoms with Crippen molar-refractivity contribution in [2.24, 2.45) is 7.05 Å². The number of Topliss-reactive ketones (excluding diaryl/α,β-unsaturated/α-hetero) is 1. The third kappa shape index (κ3) is 3.58. The van der Waals surface area contributed by atoms with Crippen LogP contribution in [0.2, 0.25) is 0 Å². The van der Waals surface area contributed by atoms with Crippen LogP contribution in [-0.4, -0.2) is 27.3 Å². The van der Waals surface area contributed by atoms with E-state index in [4.69, 9.17) is 4.74 Å². The molecule has 1 amide bonds. The number of carbonyl (C=O) groups excluding carboxylic acids is 2. The van der Waals surface area contributed by atoms with Crippen molar-refractivity contribution in [2.75, 3.05) is 5.32 Å². The van der Waals surface area contributed by atoms with Gasteiger partial charge < -0.3 is 4.74 Å². The van der Waals surface area contributed by atoms with E-state index in [0.717, 1.165) is 0 Å². The molecule has 0 aliphatic heterocycles. The summed E-state index contributed by atoms with van der Waals surface area (Å²) in [5, 5.41) is 6.50. The van der Waals surface area contributed by atoms with Gasteiger partial charge >= 0.3 is 6.09 Å². The molecule has 6 heteroatoms. The van der Waals surface area contributed by atoms with Crippen LogP contribution in [0.1, 0.15) is 44.6 Å². The van der Waals surface area contributed by atoms with Gasteiger partial charge in [0.15, 0.2) is 5.78 Å². The van der Waals surface area contributed by atoms with Crippen molar-refractivity contribution < 1.29 is 14.3 Å². The summed E-state index contributed by atoms with van der Waals surface area (Å²) in [5.41, 5.74) is 0.170. The number of amides is 1. The number of hydrogen-bond acceptors (Lipinski definition) is 4. The van der Waals surface area contributed by atoms with Gasteiger partial charge in [0.2, 0.25) is 0 Å². The van der Waals surface area contributed by atoms with Crippen LogP contribution >= 0.6 is 0 Å². The van der Waals surface area contributed by atoms with E-state index in [0.29, 0.717) is 17.8 Å². The SMILES string of the molecule is CCC(=O)c1c(NC(=O)OC(C)(C)C)cnn1C. The first kappa shape index (κ1) is 14.2. The van der Waals surface area contributed by atoms with E-state index in [-0.39, 0.29) is 5.78 Å². The van der Waals surface area contributed by atoms with Gasteiger partial charge in [-0.15, -0.1) is 0 Å². The summed E-state index contributed by atoms with van der Waals surface area (Å²) in [7, 11) is 1.66. The molecule has 6 nitrogen and oxygen atoms in total. The van der Waals surface area contributed by atoms with Gasteiger partial charge in [0, 0.05) is 13.5 Å². The monoisotopic (exact) mass is 253 g/mol. The molecule has 1 heterocycles. The van der Waals surface area contributed by atoms with Gasteiger partial charge in [-0.05, 0) is 20.8 Å². The summed E-state index contributed by atoms with van der Waals surface area (Å²) in [6.07, 6.45) is 1.19. The number of nitrogens with zero attached hydrogens (tertiary/aromatic N) is 2. The lowest BCUT2D eigenvalue weighted by atomic mass is 10.2. The minimum atomic E-state index is -0.597. The van der Waals surface area contributed by atoms with E-state index >= 15 is 0 Å². The van der Waals surface area contributed by atoms with Crippen LogP contribution in [0.5, 0.6) is 0 Å². The predicted molar refractivity (Wildman–Crippen MR) is 67.7 cm³/mol. The second kappa shape index (κ2) is 5.20. The number of aryl methyl sites for hydroxylation is 1. The molecule has 1 rings (SSSR count). The maximum Gasteiger partial charge on any atom is 0.412 e. The van der Waals surface area contributed by atoms with Crippen molar-refractivity contribution in [3.8, 4) is 0 Å². The third-order valence-corrected chi connectivity index (χ3v) is 2.16. The van der Waals surface area contributed by atoms with Crippen LogP contribution in [0.15, 0.2) is 6.20 Å². The van der Waals surface area contributed by atoms with Crippen molar-refractivity contribution in [3.05, 3.63) is 11.9 Å². The second-order valence-corrected chi connectivity index (χ2v) is 4.93. The second-order valence-electron chi connectivity index (χ2n) is 4.93. The molecule has 0 saturated heterocycles. The smallest absolute Gasteiger partial charge is 0.412 e. The molecule has 1 N–H and O–H groups in total. The fourth-order valence-corrected chi connectivity index (χ4v) is 1.44. The molecular weight excluding hydrogens is 234 g/mol. The minimum absolute atomic E-state index is 0.0824. The van der Waals surface area contributed by atoms with E-state index in [1.165, 1.54) is 10.9 Å². The van der Waals surface area contributed by atoms with E-state index < -0.39 is 11.7 Å². The zero-order valence-electron chi connectivity index (χ0n) is 11.4. The summed E-state index contributed by atoms with van der Waals surface area (Å²) >= 11 is 0. The Morgan fingerprint density at radius 1 is 1.44 bits per heavy atom. The van der Waals surface area contributed by atoms with E-state index in [2.05, 4.69) is 10.4 Å². The van der Waals surface area contributed by atoms with Crippen molar-refractivity contribution in [1.29, 1.82) is 0 Å². The average Bonchev–Trinajstić information content (AvgIpc) is 2.56. The van der Waals surface area contributed by atoms with Gasteiger partial charge in [0.25, 0.3) is 0 Å². The Kier molecular flexibility index (Phi) is 4.11. The molecule has 100 valence electrons. The van der Waals surface area contributed by atoms with Crippen molar-refractivity contribution >= 4 is 17.6 Å². The summed E-state index contributed by atoms with van der Waals surface area (Å²) in [6, 6.07) is 0. The number of carbonyl (C=O) groups is 2. The number of rotatable bonds is 3. The molecule has 0 aromatic carbocycles. The summed E-state index contributed by atoms with van der Waals surface area (Å²) in [6.45, 7) is 7.07. The van der Waals surface area contributed by atoms with Crippen molar-refractivity contribution in [3.63, 3.8) is 0 Å². The minimum Gasteiger partial charge on any atom is -0.444 e. The number of ketones is 1. The zero-order valence-corrected chi connectivity index (χ0v) is 11.4. The number of hydrogen-bond donors (Lipinski definition) is 1. The fraction of sp³-hybridized carbons (Fsp3) is 0.583. The van der Waals surface area contributed by atoms with E-state index in [1.54, 1.807) is 34.7 Å². The van der Waals surface area contributed by atoms with Crippen LogP contribution < -0.4 is 5.32 Å². The molecule has 18 heavy (non-hydrogen) atoms. The molecular formula is C12H19N3O3. The molecule has 0 saturated carbocycles. The first-order chi connectivity index (χ1) is 8.24. The van der Waals surface area contributed by atoms with Gasteiger partial charge in [0.1, 0.15) is 11.3 Å². The van der Waals surface area contributed by atoms with Gasteiger partial charge in [-0.1, -0.05) is 6.92 Å². The van der Waals surface area contributed by atoms with Crippen LogP contribution in [-0.2, 0) is 11.8 Å². The molecule has 0 unspecified atom stereocenters. The molecule has 0 spiro atoms. The first-order valence-corrected chi connectivity index (χ1v) is 5.79. The Labute approximate surface area is 106 Å². The fourth-order valence-electron chi connectivity index (χ4n) is 1.44. The molecule has 1 aromatic rings. The normalized spacial score (nSPS) is 11.2. The molecule has 1 aromatic heterocycles. The quantitative estimate of drug-likeness (QED) is 0.839. The first-order valence-electron chi connectivity index (χ1n) is 5.79. The molecule has 0 bridgehead atoms. The highest BCUT2D eigenvalue weighted by molar-refractivity contribution is 6.02. The lowest BCUT2D eigenvalue weighted by molar-refractivity contribution is 0.0636. The summed E-state index contributed by atoms with van der Waals surface area (Å²) in [5.74, 6) is -0.0824. The Hall–Kier alpha value is -1.85. The molecule has 0 aliphatic rings. The summed E-state index contributed by atoms with van der Waals surface area (Å²) in [4.78, 5) is 23.3. The van der Waals surface area contributed by atoms with E-state index in [1.807, 2.05) is 0 Å². The Bertz CT molecular complexity index is 458. The standard InChI is InChI=1S/C12H19N3O3/c1-6-9(16)10-8(7-13-15(10)5)14-11(17)18-12(2,3)4/h7H,6H2,1-5H3,(H,14,17).